The monoisotopic (exact) mass is 293 g/mol. The van der Waals surface area contributed by atoms with Crippen LogP contribution < -0.4 is 0 Å². The van der Waals surface area contributed by atoms with Crippen LogP contribution in [0.5, 0.6) is 0 Å². The minimum Gasteiger partial charge on any atom is -0.390 e. The van der Waals surface area contributed by atoms with Crippen LogP contribution in [0.2, 0.25) is 5.02 Å². The highest BCUT2D eigenvalue weighted by Crippen LogP contribution is 2.44. The lowest BCUT2D eigenvalue weighted by Crippen LogP contribution is -2.54. The van der Waals surface area contributed by atoms with Gasteiger partial charge in [-0.1, -0.05) is 29.8 Å². The van der Waals surface area contributed by atoms with E-state index in [1.54, 1.807) is 0 Å². The molecular formula is C17H24ClNO. The molecule has 1 aliphatic heterocycles. The van der Waals surface area contributed by atoms with Gasteiger partial charge in [0, 0.05) is 17.0 Å². The van der Waals surface area contributed by atoms with E-state index in [1.165, 1.54) is 0 Å². The zero-order chi connectivity index (χ0) is 14.8. The molecule has 20 heavy (non-hydrogen) atoms. The summed E-state index contributed by atoms with van der Waals surface area (Å²) in [6.07, 6.45) is 3.81. The predicted molar refractivity (Wildman–Crippen MR) is 85.3 cm³/mol. The Hall–Kier alpha value is -0.830. The lowest BCUT2D eigenvalue weighted by molar-refractivity contribution is -0.0378. The number of likely N-dealkylation sites (tertiary alicyclic amines) is 1. The highest BCUT2D eigenvalue weighted by atomic mass is 35.5. The molecule has 2 rings (SSSR count). The Morgan fingerprint density at radius 3 is 2.55 bits per heavy atom. The molecule has 2 nitrogen and oxygen atoms in total. The van der Waals surface area contributed by atoms with E-state index in [0.717, 1.165) is 43.1 Å². The first kappa shape index (κ1) is 15.6. The zero-order valence-corrected chi connectivity index (χ0v) is 13.2. The first-order valence-corrected chi connectivity index (χ1v) is 7.58. The number of nitrogens with zero attached hydrogens (tertiary/aromatic N) is 1. The average molecular weight is 294 g/mol. The lowest BCUT2D eigenvalue weighted by Gasteiger charge is -2.49. The maximum absolute atomic E-state index is 10.8. The molecular weight excluding hydrogens is 270 g/mol. The number of halogens is 1. The third kappa shape index (κ3) is 2.93. The highest BCUT2D eigenvalue weighted by Gasteiger charge is 2.46. The molecule has 0 aliphatic carbocycles. The van der Waals surface area contributed by atoms with Gasteiger partial charge in [0.1, 0.15) is 0 Å². The molecule has 1 N–H and O–H groups in total. The fourth-order valence-electron chi connectivity index (χ4n) is 3.34. The van der Waals surface area contributed by atoms with Gasteiger partial charge in [-0.25, -0.2) is 0 Å². The standard InChI is InChI=1S/C17H24ClNO/c1-4-10-19-11-8-17(9-12-19,16(2,3)20)14-6-5-7-15(18)13-14/h4-7,13,20H,1,8-12H2,2-3H3. The van der Waals surface area contributed by atoms with E-state index in [-0.39, 0.29) is 5.41 Å². The summed E-state index contributed by atoms with van der Waals surface area (Å²) in [7, 11) is 0. The first-order chi connectivity index (χ1) is 9.39. The molecule has 3 heteroatoms. The van der Waals surface area contributed by atoms with E-state index >= 15 is 0 Å². The van der Waals surface area contributed by atoms with Crippen LogP contribution in [0.1, 0.15) is 32.3 Å². The van der Waals surface area contributed by atoms with Crippen molar-refractivity contribution in [3.8, 4) is 0 Å². The van der Waals surface area contributed by atoms with E-state index < -0.39 is 5.60 Å². The van der Waals surface area contributed by atoms with Crippen molar-refractivity contribution >= 4 is 11.6 Å². The van der Waals surface area contributed by atoms with Gasteiger partial charge in [-0.15, -0.1) is 6.58 Å². The van der Waals surface area contributed by atoms with Gasteiger partial charge < -0.3 is 5.11 Å². The van der Waals surface area contributed by atoms with Crippen molar-refractivity contribution in [3.63, 3.8) is 0 Å². The Balaban J connectivity index is 2.32. The van der Waals surface area contributed by atoms with Crippen molar-refractivity contribution in [2.75, 3.05) is 19.6 Å². The summed E-state index contributed by atoms with van der Waals surface area (Å²) in [4.78, 5) is 2.38. The van der Waals surface area contributed by atoms with Crippen molar-refractivity contribution in [2.24, 2.45) is 0 Å². The summed E-state index contributed by atoms with van der Waals surface area (Å²) in [6.45, 7) is 10.5. The van der Waals surface area contributed by atoms with Crippen LogP contribution in [-0.2, 0) is 5.41 Å². The lowest BCUT2D eigenvalue weighted by atomic mass is 9.63. The molecule has 0 saturated carbocycles. The Morgan fingerprint density at radius 2 is 2.05 bits per heavy atom. The number of aliphatic hydroxyl groups is 1. The van der Waals surface area contributed by atoms with Gasteiger partial charge in [-0.2, -0.15) is 0 Å². The SMILES string of the molecule is C=CCN1CCC(c2cccc(Cl)c2)(C(C)(C)O)CC1. The summed E-state index contributed by atoms with van der Waals surface area (Å²) in [5, 5.41) is 11.5. The molecule has 1 aromatic carbocycles. The highest BCUT2D eigenvalue weighted by molar-refractivity contribution is 6.30. The van der Waals surface area contributed by atoms with Gasteiger partial charge in [-0.05, 0) is 57.5 Å². The average Bonchev–Trinajstić information content (AvgIpc) is 2.38. The fourth-order valence-corrected chi connectivity index (χ4v) is 3.53. The second-order valence-electron chi connectivity index (χ2n) is 6.24. The molecule has 0 atom stereocenters. The fraction of sp³-hybridized carbons (Fsp3) is 0.529. The van der Waals surface area contributed by atoms with E-state index in [1.807, 2.05) is 38.1 Å². The maximum atomic E-state index is 10.8. The van der Waals surface area contributed by atoms with Gasteiger partial charge in [0.05, 0.1) is 5.60 Å². The van der Waals surface area contributed by atoms with Crippen molar-refractivity contribution in [3.05, 3.63) is 47.5 Å². The zero-order valence-electron chi connectivity index (χ0n) is 12.4. The minimum atomic E-state index is -0.766. The van der Waals surface area contributed by atoms with Gasteiger partial charge in [-0.3, -0.25) is 4.90 Å². The summed E-state index contributed by atoms with van der Waals surface area (Å²) in [5.41, 5.74) is 0.156. The smallest absolute Gasteiger partial charge is 0.0688 e. The van der Waals surface area contributed by atoms with Gasteiger partial charge in [0.2, 0.25) is 0 Å². The van der Waals surface area contributed by atoms with Crippen molar-refractivity contribution in [2.45, 2.75) is 37.7 Å². The van der Waals surface area contributed by atoms with Crippen LogP contribution in [-0.4, -0.2) is 35.2 Å². The summed E-state index contributed by atoms with van der Waals surface area (Å²) in [5.74, 6) is 0. The van der Waals surface area contributed by atoms with E-state index in [9.17, 15) is 5.11 Å². The molecule has 1 heterocycles. The number of hydrogen-bond donors (Lipinski definition) is 1. The second-order valence-corrected chi connectivity index (χ2v) is 6.68. The Kier molecular flexibility index (Phi) is 4.58. The third-order valence-corrected chi connectivity index (χ3v) is 4.88. The Bertz CT molecular complexity index is 470. The molecule has 0 unspecified atom stereocenters. The Labute approximate surface area is 127 Å². The molecule has 1 aromatic rings. The van der Waals surface area contributed by atoms with Crippen molar-refractivity contribution in [1.82, 2.24) is 4.90 Å². The van der Waals surface area contributed by atoms with Gasteiger partial charge >= 0.3 is 0 Å². The van der Waals surface area contributed by atoms with E-state index in [2.05, 4.69) is 17.5 Å². The first-order valence-electron chi connectivity index (χ1n) is 7.21. The van der Waals surface area contributed by atoms with Crippen LogP contribution in [0.4, 0.5) is 0 Å². The maximum Gasteiger partial charge on any atom is 0.0688 e. The number of benzene rings is 1. The normalized spacial score (nSPS) is 19.8. The quantitative estimate of drug-likeness (QED) is 0.857. The topological polar surface area (TPSA) is 23.5 Å². The molecule has 0 spiro atoms. The van der Waals surface area contributed by atoms with E-state index in [0.29, 0.717) is 0 Å². The minimum absolute atomic E-state index is 0.227. The van der Waals surface area contributed by atoms with Crippen LogP contribution in [0, 0.1) is 0 Å². The number of piperidine rings is 1. The molecule has 0 radical (unpaired) electrons. The van der Waals surface area contributed by atoms with Crippen LogP contribution in [0.15, 0.2) is 36.9 Å². The molecule has 0 amide bonds. The van der Waals surface area contributed by atoms with Crippen LogP contribution in [0.25, 0.3) is 0 Å². The third-order valence-electron chi connectivity index (χ3n) is 4.65. The number of hydrogen-bond acceptors (Lipinski definition) is 2. The predicted octanol–water partition coefficient (Wildman–Crippen LogP) is 3.63. The molecule has 1 aliphatic rings. The summed E-state index contributed by atoms with van der Waals surface area (Å²) >= 11 is 6.15. The number of rotatable bonds is 4. The largest absolute Gasteiger partial charge is 0.390 e. The summed E-state index contributed by atoms with van der Waals surface area (Å²) in [6, 6.07) is 7.95. The molecule has 1 saturated heterocycles. The Morgan fingerprint density at radius 1 is 1.40 bits per heavy atom. The molecule has 1 fully saturated rings. The van der Waals surface area contributed by atoms with E-state index in [4.69, 9.17) is 11.6 Å². The van der Waals surface area contributed by atoms with Crippen LogP contribution >= 0.6 is 11.6 Å². The van der Waals surface area contributed by atoms with Gasteiger partial charge in [0.25, 0.3) is 0 Å². The molecule has 0 bridgehead atoms. The molecule has 0 aromatic heterocycles. The van der Waals surface area contributed by atoms with Gasteiger partial charge in [0.15, 0.2) is 0 Å². The van der Waals surface area contributed by atoms with Crippen molar-refractivity contribution < 1.29 is 5.11 Å². The van der Waals surface area contributed by atoms with Crippen molar-refractivity contribution in [1.29, 1.82) is 0 Å². The van der Waals surface area contributed by atoms with Crippen LogP contribution in [0.3, 0.4) is 0 Å². The summed E-state index contributed by atoms with van der Waals surface area (Å²) < 4.78 is 0. The second kappa shape index (κ2) is 5.88. The molecule has 110 valence electrons.